The molecule has 0 spiro atoms. The van der Waals surface area contributed by atoms with Gasteiger partial charge in [-0.3, -0.25) is 10.1 Å². The van der Waals surface area contributed by atoms with Gasteiger partial charge >= 0.3 is 5.97 Å². The minimum absolute atomic E-state index is 0.00355. The fraction of sp³-hybridized carbons (Fsp3) is 0. The predicted molar refractivity (Wildman–Crippen MR) is 77.4 cm³/mol. The van der Waals surface area contributed by atoms with Crippen LogP contribution in [0.25, 0.3) is 0 Å². The predicted octanol–water partition coefficient (Wildman–Crippen LogP) is 3.94. The summed E-state index contributed by atoms with van der Waals surface area (Å²) >= 11 is 3.10. The molecule has 0 aliphatic rings. The molecule has 8 heteroatoms. The van der Waals surface area contributed by atoms with Crippen LogP contribution in [0.4, 0.5) is 21.5 Å². The Labute approximate surface area is 126 Å². The number of aromatic carboxylic acids is 1. The molecule has 0 atom stereocenters. The summed E-state index contributed by atoms with van der Waals surface area (Å²) < 4.78 is 14.3. The number of halogens is 2. The van der Waals surface area contributed by atoms with Gasteiger partial charge in [-0.1, -0.05) is 15.9 Å². The zero-order valence-electron chi connectivity index (χ0n) is 10.3. The Balaban J connectivity index is 2.48. The van der Waals surface area contributed by atoms with Crippen molar-refractivity contribution in [2.24, 2.45) is 0 Å². The number of carbonyl (C=O) groups is 1. The highest BCUT2D eigenvalue weighted by molar-refractivity contribution is 9.10. The second kappa shape index (κ2) is 5.88. The van der Waals surface area contributed by atoms with Crippen molar-refractivity contribution in [3.63, 3.8) is 0 Å². The third-order valence-corrected chi connectivity index (χ3v) is 3.13. The molecule has 0 saturated carbocycles. The number of rotatable bonds is 4. The van der Waals surface area contributed by atoms with E-state index in [9.17, 15) is 19.3 Å². The summed E-state index contributed by atoms with van der Waals surface area (Å²) in [4.78, 5) is 21.2. The van der Waals surface area contributed by atoms with Crippen LogP contribution < -0.4 is 5.32 Å². The fourth-order valence-electron chi connectivity index (χ4n) is 1.66. The van der Waals surface area contributed by atoms with E-state index in [0.29, 0.717) is 4.47 Å². The highest BCUT2D eigenvalue weighted by Crippen LogP contribution is 2.30. The molecule has 108 valence electrons. The Morgan fingerprint density at radius 3 is 2.52 bits per heavy atom. The molecule has 0 aromatic heterocycles. The molecule has 0 bridgehead atoms. The fourth-order valence-corrected chi connectivity index (χ4v) is 2.00. The van der Waals surface area contributed by atoms with E-state index in [1.807, 2.05) is 0 Å². The topological polar surface area (TPSA) is 92.5 Å². The third kappa shape index (κ3) is 3.34. The smallest absolute Gasteiger partial charge is 0.335 e. The molecule has 2 aromatic rings. The number of anilines is 2. The number of carboxylic acids is 1. The second-order valence-electron chi connectivity index (χ2n) is 4.04. The van der Waals surface area contributed by atoms with E-state index in [-0.39, 0.29) is 22.6 Å². The van der Waals surface area contributed by atoms with Gasteiger partial charge in [0.05, 0.1) is 16.2 Å². The van der Waals surface area contributed by atoms with E-state index in [0.717, 1.165) is 18.2 Å². The van der Waals surface area contributed by atoms with Crippen LogP contribution in [0.5, 0.6) is 0 Å². The van der Waals surface area contributed by atoms with Crippen LogP contribution in [-0.2, 0) is 0 Å². The first kappa shape index (κ1) is 14.9. The van der Waals surface area contributed by atoms with E-state index in [1.165, 1.54) is 12.1 Å². The molecule has 6 nitrogen and oxygen atoms in total. The van der Waals surface area contributed by atoms with Gasteiger partial charge in [-0.05, 0) is 30.3 Å². The Kier molecular flexibility index (Phi) is 4.18. The molecule has 2 N–H and O–H groups in total. The van der Waals surface area contributed by atoms with Gasteiger partial charge in [0.1, 0.15) is 11.5 Å². The zero-order chi connectivity index (χ0) is 15.6. The average Bonchev–Trinajstić information content (AvgIpc) is 2.41. The molecule has 0 heterocycles. The molecular formula is C13H8BrFN2O4. The lowest BCUT2D eigenvalue weighted by Crippen LogP contribution is -2.02. The van der Waals surface area contributed by atoms with Crippen molar-refractivity contribution in [3.05, 3.63) is 62.4 Å². The SMILES string of the molecule is O=C(O)c1ccc([N+](=O)[O-])c(Nc2ccc(Br)cc2F)c1. The van der Waals surface area contributed by atoms with Crippen LogP contribution in [-0.4, -0.2) is 16.0 Å². The van der Waals surface area contributed by atoms with Crippen LogP contribution in [0.15, 0.2) is 40.9 Å². The number of nitrogens with zero attached hydrogens (tertiary/aromatic N) is 1. The van der Waals surface area contributed by atoms with Crippen LogP contribution in [0.3, 0.4) is 0 Å². The van der Waals surface area contributed by atoms with Gasteiger partial charge in [0.2, 0.25) is 0 Å². The summed E-state index contributed by atoms with van der Waals surface area (Å²) in [5.74, 6) is -1.86. The highest BCUT2D eigenvalue weighted by Gasteiger charge is 2.17. The van der Waals surface area contributed by atoms with Crippen molar-refractivity contribution in [1.29, 1.82) is 0 Å². The van der Waals surface area contributed by atoms with E-state index in [2.05, 4.69) is 21.2 Å². The molecule has 0 radical (unpaired) electrons. The number of nitrogens with one attached hydrogen (secondary N) is 1. The lowest BCUT2D eigenvalue weighted by Gasteiger charge is -2.09. The summed E-state index contributed by atoms with van der Waals surface area (Å²) in [6, 6.07) is 7.39. The minimum Gasteiger partial charge on any atom is -0.478 e. The number of carboxylic acid groups (broad SMARTS) is 1. The lowest BCUT2D eigenvalue weighted by molar-refractivity contribution is -0.383. The number of benzene rings is 2. The molecule has 0 amide bonds. The van der Waals surface area contributed by atoms with Gasteiger partial charge in [-0.15, -0.1) is 0 Å². The molecule has 0 fully saturated rings. The maximum atomic E-state index is 13.7. The molecule has 21 heavy (non-hydrogen) atoms. The monoisotopic (exact) mass is 354 g/mol. The first-order chi connectivity index (χ1) is 9.88. The number of nitro benzene ring substituents is 1. The van der Waals surface area contributed by atoms with Crippen molar-refractivity contribution < 1.29 is 19.2 Å². The standard InChI is InChI=1S/C13H8BrFN2O4/c14-8-2-3-10(9(15)6-8)16-11-5-7(13(18)19)1-4-12(11)17(20)21/h1-6,16H,(H,18,19). The van der Waals surface area contributed by atoms with Crippen LogP contribution in [0.2, 0.25) is 0 Å². The number of nitro groups is 1. The second-order valence-corrected chi connectivity index (χ2v) is 4.96. The van der Waals surface area contributed by atoms with E-state index >= 15 is 0 Å². The maximum Gasteiger partial charge on any atom is 0.335 e. The maximum absolute atomic E-state index is 13.7. The highest BCUT2D eigenvalue weighted by atomic mass is 79.9. The molecule has 0 aliphatic carbocycles. The van der Waals surface area contributed by atoms with Crippen molar-refractivity contribution in [3.8, 4) is 0 Å². The van der Waals surface area contributed by atoms with Crippen molar-refractivity contribution in [2.75, 3.05) is 5.32 Å². The first-order valence-electron chi connectivity index (χ1n) is 5.62. The summed E-state index contributed by atoms with van der Waals surface area (Å²) in [6.07, 6.45) is 0. The third-order valence-electron chi connectivity index (χ3n) is 2.64. The number of hydrogen-bond acceptors (Lipinski definition) is 4. The number of hydrogen-bond donors (Lipinski definition) is 2. The van der Waals surface area contributed by atoms with E-state index in [1.54, 1.807) is 6.07 Å². The van der Waals surface area contributed by atoms with Gasteiger partial charge in [-0.25, -0.2) is 9.18 Å². The van der Waals surface area contributed by atoms with Gasteiger partial charge < -0.3 is 10.4 Å². The molecule has 2 aromatic carbocycles. The Morgan fingerprint density at radius 2 is 1.95 bits per heavy atom. The average molecular weight is 355 g/mol. The van der Waals surface area contributed by atoms with Crippen molar-refractivity contribution >= 4 is 39.0 Å². The summed E-state index contributed by atoms with van der Waals surface area (Å²) in [7, 11) is 0. The largest absolute Gasteiger partial charge is 0.478 e. The first-order valence-corrected chi connectivity index (χ1v) is 6.41. The Morgan fingerprint density at radius 1 is 1.24 bits per heavy atom. The van der Waals surface area contributed by atoms with Crippen molar-refractivity contribution in [1.82, 2.24) is 0 Å². The molecule has 0 aliphatic heterocycles. The normalized spacial score (nSPS) is 10.2. The lowest BCUT2D eigenvalue weighted by atomic mass is 10.1. The summed E-state index contributed by atoms with van der Waals surface area (Å²) in [5, 5.41) is 22.4. The van der Waals surface area contributed by atoms with E-state index in [4.69, 9.17) is 5.11 Å². The van der Waals surface area contributed by atoms with Crippen LogP contribution in [0.1, 0.15) is 10.4 Å². The van der Waals surface area contributed by atoms with Crippen molar-refractivity contribution in [2.45, 2.75) is 0 Å². The molecule has 2 rings (SSSR count). The molecule has 0 unspecified atom stereocenters. The molecular weight excluding hydrogens is 347 g/mol. The quantitative estimate of drug-likeness (QED) is 0.640. The van der Waals surface area contributed by atoms with Gasteiger partial charge in [0, 0.05) is 10.5 Å². The zero-order valence-corrected chi connectivity index (χ0v) is 11.9. The summed E-state index contributed by atoms with van der Waals surface area (Å²) in [5.41, 5.74) is -0.576. The van der Waals surface area contributed by atoms with Gasteiger partial charge in [0.25, 0.3) is 5.69 Å². The van der Waals surface area contributed by atoms with Crippen LogP contribution >= 0.6 is 15.9 Å². The van der Waals surface area contributed by atoms with Crippen LogP contribution in [0, 0.1) is 15.9 Å². The minimum atomic E-state index is -1.23. The Bertz CT molecular complexity index is 736. The molecule has 0 saturated heterocycles. The van der Waals surface area contributed by atoms with E-state index < -0.39 is 16.7 Å². The Hall–Kier alpha value is -2.48. The summed E-state index contributed by atoms with van der Waals surface area (Å²) in [6.45, 7) is 0. The van der Waals surface area contributed by atoms with Gasteiger partial charge in [-0.2, -0.15) is 0 Å². The van der Waals surface area contributed by atoms with Gasteiger partial charge in [0.15, 0.2) is 0 Å².